The molecule has 140 valence electrons. The predicted molar refractivity (Wildman–Crippen MR) is 96.5 cm³/mol. The molecule has 0 aliphatic carbocycles. The molecule has 0 aliphatic rings. The number of carbonyl (C=O) groups excluding carboxylic acids is 2. The molecule has 2 aromatic carbocycles. The van der Waals surface area contributed by atoms with Gasteiger partial charge in [-0.25, -0.2) is 10.2 Å². The molecular formula is C18H17N3O6. The highest BCUT2D eigenvalue weighted by molar-refractivity contribution is 5.86. The number of nitro benzene ring substituents is 1. The van der Waals surface area contributed by atoms with Crippen molar-refractivity contribution in [2.24, 2.45) is 5.10 Å². The smallest absolute Gasteiger partial charge is 0.343 e. The van der Waals surface area contributed by atoms with E-state index in [0.29, 0.717) is 11.3 Å². The standard InChI is InChI=1S/C18H17N3O6/c1-26-18(23)12-27-16-9-5-3-7-14(16)11-19-20-17(22)10-13-6-2-4-8-15(13)21(24)25/h2-9,11H,10,12H2,1H3,(H,20,22). The lowest BCUT2D eigenvalue weighted by atomic mass is 10.1. The lowest BCUT2D eigenvalue weighted by molar-refractivity contribution is -0.385. The summed E-state index contributed by atoms with van der Waals surface area (Å²) in [5.41, 5.74) is 3.01. The first-order valence-corrected chi connectivity index (χ1v) is 7.84. The number of hydrogen-bond donors (Lipinski definition) is 1. The minimum atomic E-state index is -0.541. The number of carbonyl (C=O) groups is 2. The molecule has 0 atom stereocenters. The number of nitrogens with zero attached hydrogens (tertiary/aromatic N) is 2. The topological polar surface area (TPSA) is 120 Å². The van der Waals surface area contributed by atoms with Crippen molar-refractivity contribution in [2.45, 2.75) is 6.42 Å². The van der Waals surface area contributed by atoms with E-state index in [0.717, 1.165) is 0 Å². The highest BCUT2D eigenvalue weighted by atomic mass is 16.6. The molecule has 2 rings (SSSR count). The number of esters is 1. The Labute approximate surface area is 154 Å². The summed E-state index contributed by atoms with van der Waals surface area (Å²) in [4.78, 5) is 33.6. The largest absolute Gasteiger partial charge is 0.481 e. The maximum atomic E-state index is 12.0. The highest BCUT2D eigenvalue weighted by Crippen LogP contribution is 2.18. The number of methoxy groups -OCH3 is 1. The van der Waals surface area contributed by atoms with E-state index in [1.165, 1.54) is 31.5 Å². The first-order valence-electron chi connectivity index (χ1n) is 7.84. The van der Waals surface area contributed by atoms with E-state index in [-0.39, 0.29) is 24.3 Å². The molecule has 9 nitrogen and oxygen atoms in total. The Morgan fingerprint density at radius 1 is 1.19 bits per heavy atom. The Kier molecular flexibility index (Phi) is 7.00. The average molecular weight is 371 g/mol. The van der Waals surface area contributed by atoms with Crippen molar-refractivity contribution >= 4 is 23.8 Å². The van der Waals surface area contributed by atoms with Crippen LogP contribution in [0.1, 0.15) is 11.1 Å². The Morgan fingerprint density at radius 2 is 1.89 bits per heavy atom. The van der Waals surface area contributed by atoms with E-state index in [2.05, 4.69) is 15.3 Å². The third kappa shape index (κ3) is 5.92. The van der Waals surface area contributed by atoms with E-state index in [9.17, 15) is 19.7 Å². The Morgan fingerprint density at radius 3 is 2.63 bits per heavy atom. The summed E-state index contributed by atoms with van der Waals surface area (Å²) >= 11 is 0. The van der Waals surface area contributed by atoms with Crippen molar-refractivity contribution < 1.29 is 24.0 Å². The van der Waals surface area contributed by atoms with Crippen LogP contribution in [0, 0.1) is 10.1 Å². The average Bonchev–Trinajstić information content (AvgIpc) is 2.67. The molecule has 1 N–H and O–H groups in total. The van der Waals surface area contributed by atoms with Crippen LogP contribution in [0.4, 0.5) is 5.69 Å². The lowest BCUT2D eigenvalue weighted by Crippen LogP contribution is -2.20. The van der Waals surface area contributed by atoms with Gasteiger partial charge in [-0.05, 0) is 12.1 Å². The number of hydrogen-bond acceptors (Lipinski definition) is 7. The van der Waals surface area contributed by atoms with Gasteiger partial charge in [-0.2, -0.15) is 5.10 Å². The second kappa shape index (κ2) is 9.66. The zero-order valence-electron chi connectivity index (χ0n) is 14.5. The van der Waals surface area contributed by atoms with Gasteiger partial charge in [0.1, 0.15) is 5.75 Å². The van der Waals surface area contributed by atoms with Gasteiger partial charge in [-0.3, -0.25) is 14.9 Å². The van der Waals surface area contributed by atoms with Crippen LogP contribution >= 0.6 is 0 Å². The van der Waals surface area contributed by atoms with Crippen molar-refractivity contribution in [1.29, 1.82) is 0 Å². The van der Waals surface area contributed by atoms with E-state index in [1.807, 2.05) is 0 Å². The van der Waals surface area contributed by atoms with E-state index >= 15 is 0 Å². The molecule has 0 saturated heterocycles. The molecular weight excluding hydrogens is 354 g/mol. The van der Waals surface area contributed by atoms with Crippen LogP contribution < -0.4 is 10.2 Å². The zero-order valence-corrected chi connectivity index (χ0v) is 14.5. The van der Waals surface area contributed by atoms with E-state index < -0.39 is 16.8 Å². The molecule has 27 heavy (non-hydrogen) atoms. The van der Waals surface area contributed by atoms with Gasteiger partial charge in [0, 0.05) is 17.2 Å². The number of hydrazone groups is 1. The van der Waals surface area contributed by atoms with Crippen LogP contribution in [0.25, 0.3) is 0 Å². The highest BCUT2D eigenvalue weighted by Gasteiger charge is 2.15. The molecule has 0 spiro atoms. The fourth-order valence-electron chi connectivity index (χ4n) is 2.14. The van der Waals surface area contributed by atoms with Crippen LogP contribution in [0.5, 0.6) is 5.75 Å². The summed E-state index contributed by atoms with van der Waals surface area (Å²) in [5.74, 6) is -0.646. The fourth-order valence-corrected chi connectivity index (χ4v) is 2.14. The lowest BCUT2D eigenvalue weighted by Gasteiger charge is -2.07. The van der Waals surface area contributed by atoms with Gasteiger partial charge in [0.25, 0.3) is 5.69 Å². The molecule has 0 fully saturated rings. The van der Waals surface area contributed by atoms with Crippen LogP contribution in [0.15, 0.2) is 53.6 Å². The summed E-state index contributed by atoms with van der Waals surface area (Å²) in [7, 11) is 1.26. The van der Waals surface area contributed by atoms with Gasteiger partial charge in [-0.1, -0.05) is 30.3 Å². The molecule has 0 radical (unpaired) electrons. The van der Waals surface area contributed by atoms with Crippen molar-refractivity contribution in [3.8, 4) is 5.75 Å². The van der Waals surface area contributed by atoms with Gasteiger partial charge in [-0.15, -0.1) is 0 Å². The van der Waals surface area contributed by atoms with E-state index in [1.54, 1.807) is 30.3 Å². The summed E-state index contributed by atoms with van der Waals surface area (Å²) in [5, 5.41) is 14.8. The second-order valence-corrected chi connectivity index (χ2v) is 5.26. The van der Waals surface area contributed by atoms with Crippen LogP contribution in [-0.2, 0) is 20.7 Å². The van der Waals surface area contributed by atoms with Crippen LogP contribution in [-0.4, -0.2) is 36.7 Å². The molecule has 0 aromatic heterocycles. The van der Waals surface area contributed by atoms with Gasteiger partial charge < -0.3 is 9.47 Å². The number of nitro groups is 1. The molecule has 0 aliphatic heterocycles. The maximum Gasteiger partial charge on any atom is 0.343 e. The number of nitrogens with one attached hydrogen (secondary N) is 1. The second-order valence-electron chi connectivity index (χ2n) is 5.26. The SMILES string of the molecule is COC(=O)COc1ccccc1C=NNC(=O)Cc1ccccc1[N+](=O)[O-]. The number of benzene rings is 2. The normalized spacial score (nSPS) is 10.4. The predicted octanol–water partition coefficient (Wildman–Crippen LogP) is 1.84. The molecule has 0 unspecified atom stereocenters. The maximum absolute atomic E-state index is 12.0. The zero-order chi connectivity index (χ0) is 19.6. The monoisotopic (exact) mass is 371 g/mol. The molecule has 9 heteroatoms. The van der Waals surface area contributed by atoms with Crippen LogP contribution in [0.3, 0.4) is 0 Å². The van der Waals surface area contributed by atoms with Gasteiger partial charge in [0.05, 0.1) is 24.7 Å². The minimum Gasteiger partial charge on any atom is -0.481 e. The van der Waals surface area contributed by atoms with Crippen molar-refractivity contribution in [3.05, 3.63) is 69.8 Å². The molecule has 0 heterocycles. The first kappa shape index (κ1) is 19.6. The number of amides is 1. The first-order chi connectivity index (χ1) is 13.0. The third-order valence-electron chi connectivity index (χ3n) is 3.42. The van der Waals surface area contributed by atoms with Gasteiger partial charge in [0.2, 0.25) is 5.91 Å². The Balaban J connectivity index is 1.98. The number of rotatable bonds is 8. The third-order valence-corrected chi connectivity index (χ3v) is 3.42. The van der Waals surface area contributed by atoms with E-state index in [4.69, 9.17) is 4.74 Å². The summed E-state index contributed by atoms with van der Waals surface area (Å²) < 4.78 is 9.84. The minimum absolute atomic E-state index is 0.127. The summed E-state index contributed by atoms with van der Waals surface area (Å²) in [6.45, 7) is -0.259. The Hall–Kier alpha value is -3.75. The summed E-state index contributed by atoms with van der Waals surface area (Å²) in [6.07, 6.45) is 1.17. The fraction of sp³-hybridized carbons (Fsp3) is 0.167. The van der Waals surface area contributed by atoms with Crippen molar-refractivity contribution in [3.63, 3.8) is 0 Å². The number of ether oxygens (including phenoxy) is 2. The molecule has 2 aromatic rings. The summed E-state index contributed by atoms with van der Waals surface area (Å²) in [6, 6.07) is 12.8. The van der Waals surface area contributed by atoms with Crippen molar-refractivity contribution in [1.82, 2.24) is 5.43 Å². The van der Waals surface area contributed by atoms with Gasteiger partial charge >= 0.3 is 5.97 Å². The quantitative estimate of drug-likeness (QED) is 0.327. The van der Waals surface area contributed by atoms with Crippen molar-refractivity contribution in [2.75, 3.05) is 13.7 Å². The van der Waals surface area contributed by atoms with Gasteiger partial charge in [0.15, 0.2) is 6.61 Å². The molecule has 0 bridgehead atoms. The molecule has 1 amide bonds. The van der Waals surface area contributed by atoms with Crippen LogP contribution in [0.2, 0.25) is 0 Å². The number of para-hydroxylation sites is 2. The molecule has 0 saturated carbocycles. The Bertz CT molecular complexity index is 866.